The molecule has 0 spiro atoms. The molecule has 2 N–H and O–H groups in total. The number of hydrogen-bond donors (Lipinski definition) is 2. The van der Waals surface area contributed by atoms with Gasteiger partial charge in [-0.3, -0.25) is 9.59 Å². The first-order valence-corrected chi connectivity index (χ1v) is 6.89. The maximum Gasteiger partial charge on any atom is 0.328 e. The van der Waals surface area contributed by atoms with Gasteiger partial charge >= 0.3 is 5.97 Å². The Labute approximate surface area is 119 Å². The third-order valence-corrected chi connectivity index (χ3v) is 3.27. The van der Waals surface area contributed by atoms with Crippen LogP contribution in [0.4, 0.5) is 0 Å². The minimum atomic E-state index is -1.08. The van der Waals surface area contributed by atoms with Crippen LogP contribution < -0.4 is 5.32 Å². The Bertz CT molecular complexity index is 400. The third kappa shape index (κ3) is 4.83. The van der Waals surface area contributed by atoms with Crippen LogP contribution >= 0.6 is 0 Å². The second-order valence-corrected chi connectivity index (χ2v) is 6.75. The Morgan fingerprint density at radius 1 is 1.45 bits per heavy atom. The number of piperazine rings is 1. The summed E-state index contributed by atoms with van der Waals surface area (Å²) in [6.45, 7) is 8.08. The van der Waals surface area contributed by atoms with Gasteiger partial charge in [-0.15, -0.1) is 0 Å². The molecule has 0 aromatic heterocycles. The fourth-order valence-corrected chi connectivity index (χ4v) is 2.66. The van der Waals surface area contributed by atoms with Crippen molar-refractivity contribution in [1.82, 2.24) is 10.2 Å². The highest BCUT2D eigenvalue weighted by atomic mass is 16.4. The van der Waals surface area contributed by atoms with Crippen LogP contribution in [-0.2, 0) is 14.4 Å². The van der Waals surface area contributed by atoms with Crippen LogP contribution in [0.25, 0.3) is 0 Å². The van der Waals surface area contributed by atoms with Crippen LogP contribution in [0.5, 0.6) is 0 Å². The largest absolute Gasteiger partial charge is 0.480 e. The van der Waals surface area contributed by atoms with Crippen LogP contribution in [-0.4, -0.2) is 46.9 Å². The molecule has 6 heteroatoms. The molecule has 20 heavy (non-hydrogen) atoms. The molecule has 1 aliphatic rings. The topological polar surface area (TPSA) is 86.7 Å². The van der Waals surface area contributed by atoms with Gasteiger partial charge < -0.3 is 15.3 Å². The quantitative estimate of drug-likeness (QED) is 0.801. The smallest absolute Gasteiger partial charge is 0.328 e. The Hall–Kier alpha value is -1.59. The van der Waals surface area contributed by atoms with Gasteiger partial charge in [0, 0.05) is 13.0 Å². The molecule has 0 saturated carbocycles. The average molecular weight is 284 g/mol. The minimum Gasteiger partial charge on any atom is -0.480 e. The Kier molecular flexibility index (Phi) is 5.14. The summed E-state index contributed by atoms with van der Waals surface area (Å²) in [4.78, 5) is 35.9. The predicted molar refractivity (Wildman–Crippen MR) is 74.0 cm³/mol. The Morgan fingerprint density at radius 2 is 2.05 bits per heavy atom. The molecule has 0 bridgehead atoms. The van der Waals surface area contributed by atoms with Gasteiger partial charge in [-0.05, 0) is 17.8 Å². The van der Waals surface area contributed by atoms with E-state index in [1.165, 1.54) is 4.90 Å². The molecule has 1 rings (SSSR count). The van der Waals surface area contributed by atoms with Crippen molar-refractivity contribution in [2.45, 2.75) is 46.6 Å². The number of nitrogens with one attached hydrogen (secondary N) is 1. The standard InChI is InChI=1S/C14H24N2O4/c1-9(6-14(2,3)4)5-12(18)16-8-11(17)15-7-10(16)13(19)20/h9-10H,5-8H2,1-4H3,(H,15,17)(H,19,20). The van der Waals surface area contributed by atoms with Crippen molar-refractivity contribution < 1.29 is 19.5 Å². The van der Waals surface area contributed by atoms with Crippen LogP contribution in [0.2, 0.25) is 0 Å². The maximum atomic E-state index is 12.2. The van der Waals surface area contributed by atoms with E-state index < -0.39 is 12.0 Å². The molecule has 0 aromatic rings. The summed E-state index contributed by atoms with van der Waals surface area (Å²) in [6, 6.07) is -0.956. The van der Waals surface area contributed by atoms with E-state index in [1.807, 2.05) is 6.92 Å². The minimum absolute atomic E-state index is 0.0203. The van der Waals surface area contributed by atoms with Gasteiger partial charge in [-0.1, -0.05) is 27.7 Å². The van der Waals surface area contributed by atoms with Crippen LogP contribution in [0.1, 0.15) is 40.5 Å². The van der Waals surface area contributed by atoms with Crippen molar-refractivity contribution in [2.24, 2.45) is 11.3 Å². The Balaban J connectivity index is 2.67. The normalized spacial score (nSPS) is 21.3. The number of nitrogens with zero attached hydrogens (tertiary/aromatic N) is 1. The average Bonchev–Trinajstić information content (AvgIpc) is 2.25. The zero-order chi connectivity index (χ0) is 15.5. The lowest BCUT2D eigenvalue weighted by molar-refractivity contribution is -0.154. The van der Waals surface area contributed by atoms with E-state index >= 15 is 0 Å². The molecule has 2 amide bonds. The summed E-state index contributed by atoms with van der Waals surface area (Å²) < 4.78 is 0. The molecule has 6 nitrogen and oxygen atoms in total. The highest BCUT2D eigenvalue weighted by Crippen LogP contribution is 2.26. The van der Waals surface area contributed by atoms with Gasteiger partial charge in [0.15, 0.2) is 0 Å². The van der Waals surface area contributed by atoms with Crippen LogP contribution in [0.3, 0.4) is 0 Å². The van der Waals surface area contributed by atoms with Crippen molar-refractivity contribution >= 4 is 17.8 Å². The molecule has 2 atom stereocenters. The maximum absolute atomic E-state index is 12.2. The molecular formula is C14H24N2O4. The molecule has 0 aliphatic carbocycles. The van der Waals surface area contributed by atoms with Crippen LogP contribution in [0, 0.1) is 11.3 Å². The highest BCUT2D eigenvalue weighted by Gasteiger charge is 2.35. The first-order valence-electron chi connectivity index (χ1n) is 6.89. The predicted octanol–water partition coefficient (Wildman–Crippen LogP) is 0.860. The Morgan fingerprint density at radius 3 is 2.55 bits per heavy atom. The van der Waals surface area contributed by atoms with Gasteiger partial charge in [-0.25, -0.2) is 4.79 Å². The molecule has 1 saturated heterocycles. The second kappa shape index (κ2) is 6.24. The first kappa shape index (κ1) is 16.5. The van der Waals surface area contributed by atoms with Gasteiger partial charge in [0.25, 0.3) is 0 Å². The lowest BCUT2D eigenvalue weighted by atomic mass is 9.84. The molecule has 2 unspecified atom stereocenters. The second-order valence-electron chi connectivity index (χ2n) is 6.75. The molecule has 1 aliphatic heterocycles. The number of carbonyl (C=O) groups is 3. The molecular weight excluding hydrogens is 260 g/mol. The van der Waals surface area contributed by atoms with E-state index in [9.17, 15) is 14.4 Å². The third-order valence-electron chi connectivity index (χ3n) is 3.27. The molecule has 114 valence electrons. The summed E-state index contributed by atoms with van der Waals surface area (Å²) in [5, 5.41) is 11.6. The van der Waals surface area contributed by atoms with Gasteiger partial charge in [0.05, 0.1) is 0 Å². The van der Waals surface area contributed by atoms with E-state index in [0.29, 0.717) is 0 Å². The monoisotopic (exact) mass is 284 g/mol. The van der Waals surface area contributed by atoms with Crippen molar-refractivity contribution in [2.75, 3.05) is 13.1 Å². The summed E-state index contributed by atoms with van der Waals surface area (Å²) in [5.74, 6) is -1.49. The van der Waals surface area contributed by atoms with E-state index in [-0.39, 0.29) is 42.7 Å². The summed E-state index contributed by atoms with van der Waals surface area (Å²) in [7, 11) is 0. The molecule has 1 fully saturated rings. The van der Waals surface area contributed by atoms with Gasteiger partial charge in [0.2, 0.25) is 11.8 Å². The van der Waals surface area contributed by atoms with Crippen molar-refractivity contribution in [1.29, 1.82) is 0 Å². The van der Waals surface area contributed by atoms with E-state index in [2.05, 4.69) is 26.1 Å². The fourth-order valence-electron chi connectivity index (χ4n) is 2.66. The lowest BCUT2D eigenvalue weighted by Crippen LogP contribution is -2.59. The van der Waals surface area contributed by atoms with Crippen molar-refractivity contribution in [3.05, 3.63) is 0 Å². The van der Waals surface area contributed by atoms with E-state index in [0.717, 1.165) is 6.42 Å². The van der Waals surface area contributed by atoms with E-state index in [1.54, 1.807) is 0 Å². The van der Waals surface area contributed by atoms with Crippen molar-refractivity contribution in [3.8, 4) is 0 Å². The SMILES string of the molecule is CC(CC(=O)N1CC(=O)NCC1C(=O)O)CC(C)(C)C. The van der Waals surface area contributed by atoms with E-state index in [4.69, 9.17) is 5.11 Å². The molecule has 0 aromatic carbocycles. The lowest BCUT2D eigenvalue weighted by Gasteiger charge is -2.34. The van der Waals surface area contributed by atoms with Gasteiger partial charge in [-0.2, -0.15) is 0 Å². The zero-order valence-electron chi connectivity index (χ0n) is 12.6. The zero-order valence-corrected chi connectivity index (χ0v) is 12.6. The summed E-state index contributed by atoms with van der Waals surface area (Å²) in [6.07, 6.45) is 1.14. The number of carboxylic acids is 1. The highest BCUT2D eigenvalue weighted by molar-refractivity contribution is 5.91. The number of rotatable bonds is 4. The van der Waals surface area contributed by atoms with Gasteiger partial charge in [0.1, 0.15) is 12.6 Å². The summed E-state index contributed by atoms with van der Waals surface area (Å²) in [5.41, 5.74) is 0.116. The number of amides is 2. The van der Waals surface area contributed by atoms with Crippen LogP contribution in [0.15, 0.2) is 0 Å². The van der Waals surface area contributed by atoms with Crippen molar-refractivity contribution in [3.63, 3.8) is 0 Å². The number of aliphatic carboxylic acids is 1. The molecule has 1 heterocycles. The number of carbonyl (C=O) groups excluding carboxylic acids is 2. The fraction of sp³-hybridized carbons (Fsp3) is 0.786. The first-order chi connectivity index (χ1) is 9.10. The number of hydrogen-bond acceptors (Lipinski definition) is 3. The molecule has 0 radical (unpaired) electrons. The summed E-state index contributed by atoms with van der Waals surface area (Å²) >= 11 is 0. The number of carboxylic acid groups (broad SMARTS) is 1.